The Hall–Kier alpha value is -1.38. The Labute approximate surface area is 142 Å². The van der Waals surface area contributed by atoms with Gasteiger partial charge in [-0.1, -0.05) is 0 Å². The largest absolute Gasteiger partial charge is 0.349 e. The normalized spacial score (nSPS) is 28.8. The number of nitrogens with one attached hydrogen (secondary N) is 1. The van der Waals surface area contributed by atoms with Crippen LogP contribution >= 0.6 is 12.4 Å². The Morgan fingerprint density at radius 2 is 1.96 bits per heavy atom. The zero-order valence-corrected chi connectivity index (χ0v) is 14.3. The highest BCUT2D eigenvalue weighted by Gasteiger charge is 2.26. The number of amidine groups is 1. The fourth-order valence-electron chi connectivity index (χ4n) is 2.87. The molecule has 2 aliphatic heterocycles. The number of rotatable bonds is 2. The second kappa shape index (κ2) is 7.02. The van der Waals surface area contributed by atoms with Crippen LogP contribution in [0.3, 0.4) is 0 Å². The Morgan fingerprint density at radius 3 is 2.65 bits per heavy atom. The number of halogens is 1. The van der Waals surface area contributed by atoms with E-state index in [1.807, 2.05) is 0 Å². The van der Waals surface area contributed by atoms with Crippen LogP contribution in [0.25, 0.3) is 0 Å². The maximum Gasteiger partial charge on any atom is 0.256 e. The maximum absolute atomic E-state index is 12.3. The van der Waals surface area contributed by atoms with Crippen molar-refractivity contribution >= 4 is 34.2 Å². The lowest BCUT2D eigenvalue weighted by molar-refractivity contribution is -0.118. The van der Waals surface area contributed by atoms with E-state index in [2.05, 4.69) is 9.71 Å². The van der Waals surface area contributed by atoms with Gasteiger partial charge in [-0.3, -0.25) is 4.79 Å². The molecule has 0 spiro atoms. The van der Waals surface area contributed by atoms with Crippen molar-refractivity contribution in [3.8, 4) is 0 Å². The van der Waals surface area contributed by atoms with Crippen molar-refractivity contribution in [2.75, 3.05) is 12.3 Å². The number of carbonyl (C=O) groups is 1. The van der Waals surface area contributed by atoms with Crippen LogP contribution in [-0.4, -0.2) is 49.4 Å². The molecule has 1 fully saturated rings. The smallest absolute Gasteiger partial charge is 0.256 e. The summed E-state index contributed by atoms with van der Waals surface area (Å²) in [6.45, 7) is 0.320. The van der Waals surface area contributed by atoms with Crippen LogP contribution in [0.2, 0.25) is 0 Å². The highest BCUT2D eigenvalue weighted by molar-refractivity contribution is 7.90. The Bertz CT molecular complexity index is 664. The summed E-state index contributed by atoms with van der Waals surface area (Å²) in [5.41, 5.74) is 6.38. The molecule has 0 bridgehead atoms. The van der Waals surface area contributed by atoms with Crippen LogP contribution in [-0.2, 0) is 14.8 Å². The van der Waals surface area contributed by atoms with Crippen molar-refractivity contribution in [2.24, 2.45) is 10.1 Å². The van der Waals surface area contributed by atoms with Gasteiger partial charge in [-0.05, 0) is 37.8 Å². The molecule has 23 heavy (non-hydrogen) atoms. The molecule has 1 aliphatic carbocycles. The molecule has 1 amide bonds. The van der Waals surface area contributed by atoms with Crippen LogP contribution in [0.5, 0.6) is 0 Å². The lowest BCUT2D eigenvalue weighted by Gasteiger charge is -2.29. The van der Waals surface area contributed by atoms with Crippen LogP contribution in [0.15, 0.2) is 28.3 Å². The van der Waals surface area contributed by atoms with Crippen molar-refractivity contribution in [3.63, 3.8) is 0 Å². The van der Waals surface area contributed by atoms with Gasteiger partial charge >= 0.3 is 0 Å². The van der Waals surface area contributed by atoms with Gasteiger partial charge in [0.25, 0.3) is 15.9 Å². The van der Waals surface area contributed by atoms with Crippen LogP contribution in [0.1, 0.15) is 25.7 Å². The van der Waals surface area contributed by atoms with Gasteiger partial charge in [0, 0.05) is 24.8 Å². The third-order valence-electron chi connectivity index (χ3n) is 4.19. The summed E-state index contributed by atoms with van der Waals surface area (Å²) in [7, 11) is -3.37. The first-order valence-electron chi connectivity index (χ1n) is 7.48. The average Bonchev–Trinajstić information content (AvgIpc) is 2.48. The molecule has 9 heteroatoms. The van der Waals surface area contributed by atoms with E-state index < -0.39 is 10.0 Å². The number of carbonyl (C=O) groups excluding carboxylic acids is 1. The van der Waals surface area contributed by atoms with Crippen molar-refractivity contribution < 1.29 is 13.2 Å². The molecule has 0 radical (unpaired) electrons. The van der Waals surface area contributed by atoms with Crippen molar-refractivity contribution in [2.45, 2.75) is 37.8 Å². The molecule has 0 aromatic carbocycles. The van der Waals surface area contributed by atoms with Gasteiger partial charge in [0.15, 0.2) is 0 Å². The molecule has 0 unspecified atom stereocenters. The first kappa shape index (κ1) is 18.0. The minimum absolute atomic E-state index is 0. The number of hydrogen-bond acceptors (Lipinski definition) is 5. The molecule has 2 heterocycles. The molecule has 1 saturated carbocycles. The number of hydrogen-bond donors (Lipinski definition) is 2. The molecule has 0 aromatic rings. The topological polar surface area (TPSA) is 105 Å². The molecule has 0 atom stereocenters. The molecular weight excluding hydrogens is 340 g/mol. The molecule has 7 nitrogen and oxygen atoms in total. The molecule has 128 valence electrons. The van der Waals surface area contributed by atoms with E-state index in [-0.39, 0.29) is 36.2 Å². The molecule has 0 aromatic heterocycles. The van der Waals surface area contributed by atoms with Crippen molar-refractivity contribution in [1.29, 1.82) is 0 Å². The van der Waals surface area contributed by atoms with E-state index in [1.54, 1.807) is 23.3 Å². The van der Waals surface area contributed by atoms with E-state index in [0.29, 0.717) is 18.0 Å². The number of fused-ring (bicyclic) bond motifs is 1. The van der Waals surface area contributed by atoms with Gasteiger partial charge < -0.3 is 16.0 Å². The van der Waals surface area contributed by atoms with E-state index in [0.717, 1.165) is 25.7 Å². The van der Waals surface area contributed by atoms with Gasteiger partial charge in [0.05, 0.1) is 11.3 Å². The summed E-state index contributed by atoms with van der Waals surface area (Å²) in [5.74, 6) is 0.201. The third-order valence-corrected chi connectivity index (χ3v) is 5.36. The van der Waals surface area contributed by atoms with E-state index in [4.69, 9.17) is 5.73 Å². The van der Waals surface area contributed by atoms with Gasteiger partial charge in [-0.2, -0.15) is 0 Å². The monoisotopic (exact) mass is 360 g/mol. The Kier molecular flexibility index (Phi) is 5.49. The molecule has 3 aliphatic rings. The number of nitrogens with two attached hydrogens (primary N) is 1. The lowest BCUT2D eigenvalue weighted by atomic mass is 9.91. The van der Waals surface area contributed by atoms with Gasteiger partial charge in [-0.15, -0.1) is 16.8 Å². The molecule has 0 saturated heterocycles. The van der Waals surface area contributed by atoms with Gasteiger partial charge in [0.1, 0.15) is 5.84 Å². The van der Waals surface area contributed by atoms with E-state index in [1.165, 1.54) is 0 Å². The fourth-order valence-corrected chi connectivity index (χ4v) is 3.84. The first-order valence-corrected chi connectivity index (χ1v) is 9.09. The summed E-state index contributed by atoms with van der Waals surface area (Å²) in [6.07, 6.45) is 8.51. The minimum Gasteiger partial charge on any atom is -0.349 e. The van der Waals surface area contributed by atoms with Crippen LogP contribution in [0.4, 0.5) is 0 Å². The fraction of sp³-hybridized carbons (Fsp3) is 0.571. The van der Waals surface area contributed by atoms with E-state index in [9.17, 15) is 13.2 Å². The zero-order chi connectivity index (χ0) is 15.7. The van der Waals surface area contributed by atoms with Gasteiger partial charge in [-0.25, -0.2) is 8.42 Å². The maximum atomic E-state index is 12.3. The highest BCUT2D eigenvalue weighted by atomic mass is 35.5. The standard InChI is InChI=1S/C14H20N4O3S.ClH/c15-11-2-4-12(5-3-11)16-14(19)10-1-6-13-17-22(20,21)8-7-18(13)9-10;/h1,6,9,11-12H,2-5,7-8,15H2,(H,16,19);1H. The number of sulfonamides is 1. The van der Waals surface area contributed by atoms with E-state index >= 15 is 0 Å². The average molecular weight is 361 g/mol. The SMILES string of the molecule is Cl.NC1CCC(NC(=O)C2=CN3CCS(=O)(=O)N=C3C=C2)CC1. The summed E-state index contributed by atoms with van der Waals surface area (Å²) in [6, 6.07) is 0.411. The highest BCUT2D eigenvalue weighted by Crippen LogP contribution is 2.19. The van der Waals surface area contributed by atoms with Crippen LogP contribution in [0, 0.1) is 0 Å². The predicted octanol–water partition coefficient (Wildman–Crippen LogP) is 0.292. The quantitative estimate of drug-likeness (QED) is 0.736. The van der Waals surface area contributed by atoms with Crippen molar-refractivity contribution in [3.05, 3.63) is 23.9 Å². The summed E-state index contributed by atoms with van der Waals surface area (Å²) in [5, 5.41) is 3.02. The first-order chi connectivity index (χ1) is 10.4. The van der Waals surface area contributed by atoms with Crippen LogP contribution < -0.4 is 11.1 Å². The van der Waals surface area contributed by atoms with Gasteiger partial charge in [0.2, 0.25) is 0 Å². The third kappa shape index (κ3) is 4.33. The zero-order valence-electron chi connectivity index (χ0n) is 12.6. The summed E-state index contributed by atoms with van der Waals surface area (Å²) < 4.78 is 26.6. The second-order valence-electron chi connectivity index (χ2n) is 5.93. The second-order valence-corrected chi connectivity index (χ2v) is 7.69. The summed E-state index contributed by atoms with van der Waals surface area (Å²) in [4.78, 5) is 14.0. The molecule has 3 N–H and O–H groups in total. The predicted molar refractivity (Wildman–Crippen MR) is 90.8 cm³/mol. The number of nitrogens with zero attached hydrogens (tertiary/aromatic N) is 2. The summed E-state index contributed by atoms with van der Waals surface area (Å²) >= 11 is 0. The minimum atomic E-state index is -3.37. The Morgan fingerprint density at radius 1 is 1.26 bits per heavy atom. The molecular formula is C14H21ClN4O3S. The number of amides is 1. The van der Waals surface area contributed by atoms with Crippen molar-refractivity contribution in [1.82, 2.24) is 10.2 Å². The molecule has 3 rings (SSSR count). The Balaban J connectivity index is 0.00000192. The lowest BCUT2D eigenvalue weighted by Crippen LogP contribution is -2.42.